The highest BCUT2D eigenvalue weighted by atomic mass is 19.3. The highest BCUT2D eigenvalue weighted by Gasteiger charge is 2.11. The first-order valence-electron chi connectivity index (χ1n) is 4.22. The number of hydrogen-bond donors (Lipinski definition) is 0. The first-order valence-corrected chi connectivity index (χ1v) is 4.22. The molecule has 0 N–H and O–H groups in total. The van der Waals surface area contributed by atoms with Gasteiger partial charge in [-0.1, -0.05) is 17.3 Å². The summed E-state index contributed by atoms with van der Waals surface area (Å²) in [5, 5.41) is 3.65. The lowest BCUT2D eigenvalue weighted by Crippen LogP contribution is -2.02. The van der Waals surface area contributed by atoms with Gasteiger partial charge in [-0.15, -0.1) is 0 Å². The Bertz CT molecular complexity index is 429. The van der Waals surface area contributed by atoms with Gasteiger partial charge in [0.2, 0.25) is 0 Å². The summed E-state index contributed by atoms with van der Waals surface area (Å²) < 4.78 is 33.1. The van der Waals surface area contributed by atoms with Crippen molar-refractivity contribution in [3.05, 3.63) is 36.6 Å². The highest BCUT2D eigenvalue weighted by molar-refractivity contribution is 5.66. The van der Waals surface area contributed by atoms with Gasteiger partial charge in [-0.2, -0.15) is 8.78 Å². The van der Waals surface area contributed by atoms with Gasteiger partial charge in [0.25, 0.3) is 0 Å². The predicted molar refractivity (Wildman–Crippen MR) is 48.6 cm³/mol. The Balaban J connectivity index is 2.38. The van der Waals surface area contributed by atoms with E-state index in [0.29, 0.717) is 11.3 Å². The Kier molecular flexibility index (Phi) is 2.62. The molecular formula is C10H7F2NO2. The van der Waals surface area contributed by atoms with Gasteiger partial charge in [0, 0.05) is 11.6 Å². The van der Waals surface area contributed by atoms with Crippen LogP contribution >= 0.6 is 0 Å². The predicted octanol–water partition coefficient (Wildman–Crippen LogP) is 2.94. The summed E-state index contributed by atoms with van der Waals surface area (Å²) in [6.07, 6.45) is 1.37. The van der Waals surface area contributed by atoms with Crippen molar-refractivity contribution in [1.82, 2.24) is 5.16 Å². The molecule has 15 heavy (non-hydrogen) atoms. The molecule has 0 unspecified atom stereocenters. The van der Waals surface area contributed by atoms with E-state index in [0.717, 1.165) is 0 Å². The van der Waals surface area contributed by atoms with Crippen LogP contribution in [0.25, 0.3) is 11.3 Å². The monoisotopic (exact) mass is 211 g/mol. The Morgan fingerprint density at radius 3 is 2.67 bits per heavy atom. The molecule has 0 bridgehead atoms. The molecule has 0 spiro atoms. The van der Waals surface area contributed by atoms with Crippen molar-refractivity contribution in [1.29, 1.82) is 0 Å². The van der Waals surface area contributed by atoms with Crippen LogP contribution in [-0.4, -0.2) is 11.8 Å². The summed E-state index contributed by atoms with van der Waals surface area (Å²) in [4.78, 5) is 0. The standard InChI is InChI=1S/C10H7F2NO2/c11-10(12)15-9-4-2-1-3-7(9)8-5-6-14-13-8/h1-6,10H. The van der Waals surface area contributed by atoms with Crippen LogP contribution in [0.4, 0.5) is 8.78 Å². The molecule has 78 valence electrons. The molecule has 1 aromatic carbocycles. The minimum Gasteiger partial charge on any atom is -0.434 e. The molecule has 0 radical (unpaired) electrons. The fraction of sp³-hybridized carbons (Fsp3) is 0.100. The third-order valence-corrected chi connectivity index (χ3v) is 1.82. The Morgan fingerprint density at radius 1 is 1.20 bits per heavy atom. The average molecular weight is 211 g/mol. The Morgan fingerprint density at radius 2 is 2.00 bits per heavy atom. The van der Waals surface area contributed by atoms with Gasteiger partial charge >= 0.3 is 6.61 Å². The van der Waals surface area contributed by atoms with Crippen LogP contribution in [0.2, 0.25) is 0 Å². The SMILES string of the molecule is FC(F)Oc1ccccc1-c1ccon1. The van der Waals surface area contributed by atoms with Crippen LogP contribution < -0.4 is 4.74 Å². The van der Waals surface area contributed by atoms with Crippen molar-refractivity contribution in [2.75, 3.05) is 0 Å². The first-order chi connectivity index (χ1) is 7.27. The van der Waals surface area contributed by atoms with Crippen molar-refractivity contribution in [3.63, 3.8) is 0 Å². The smallest absolute Gasteiger partial charge is 0.387 e. The topological polar surface area (TPSA) is 35.3 Å². The van der Waals surface area contributed by atoms with Crippen molar-refractivity contribution < 1.29 is 18.0 Å². The van der Waals surface area contributed by atoms with Crippen molar-refractivity contribution >= 4 is 0 Å². The molecule has 0 atom stereocenters. The molecule has 3 nitrogen and oxygen atoms in total. The number of halogens is 2. The molecule has 5 heteroatoms. The van der Waals surface area contributed by atoms with Gasteiger partial charge in [-0.05, 0) is 12.1 Å². The molecule has 0 saturated carbocycles. The van der Waals surface area contributed by atoms with E-state index in [2.05, 4.69) is 14.4 Å². The van der Waals surface area contributed by atoms with E-state index >= 15 is 0 Å². The summed E-state index contributed by atoms with van der Waals surface area (Å²) >= 11 is 0. The molecule has 1 heterocycles. The summed E-state index contributed by atoms with van der Waals surface area (Å²) in [7, 11) is 0. The molecule has 0 saturated heterocycles. The maximum Gasteiger partial charge on any atom is 0.387 e. The van der Waals surface area contributed by atoms with Crippen LogP contribution in [-0.2, 0) is 0 Å². The van der Waals surface area contributed by atoms with E-state index in [-0.39, 0.29) is 5.75 Å². The molecule has 0 aliphatic carbocycles. The number of hydrogen-bond acceptors (Lipinski definition) is 3. The van der Waals surface area contributed by atoms with Crippen LogP contribution in [0.15, 0.2) is 41.1 Å². The number of rotatable bonds is 3. The van der Waals surface area contributed by atoms with Gasteiger partial charge in [0.1, 0.15) is 17.7 Å². The first kappa shape index (κ1) is 9.64. The Labute approximate surface area is 84.3 Å². The Hall–Kier alpha value is -1.91. The third-order valence-electron chi connectivity index (χ3n) is 1.82. The summed E-state index contributed by atoms with van der Waals surface area (Å²) in [6, 6.07) is 7.99. The molecule has 1 aromatic heterocycles. The van der Waals surface area contributed by atoms with Crippen molar-refractivity contribution in [3.8, 4) is 17.0 Å². The lowest BCUT2D eigenvalue weighted by Gasteiger charge is -2.07. The summed E-state index contributed by atoms with van der Waals surface area (Å²) in [5.74, 6) is 0.0846. The zero-order chi connectivity index (χ0) is 10.7. The van der Waals surface area contributed by atoms with Gasteiger partial charge in [0.15, 0.2) is 0 Å². The zero-order valence-corrected chi connectivity index (χ0v) is 7.56. The van der Waals surface area contributed by atoms with E-state index < -0.39 is 6.61 Å². The molecule has 0 aliphatic rings. The van der Waals surface area contributed by atoms with Crippen LogP contribution in [0.3, 0.4) is 0 Å². The maximum absolute atomic E-state index is 12.1. The number of aromatic nitrogens is 1. The number of nitrogens with zero attached hydrogens (tertiary/aromatic N) is 1. The molecule has 2 aromatic rings. The highest BCUT2D eigenvalue weighted by Crippen LogP contribution is 2.29. The average Bonchev–Trinajstić information content (AvgIpc) is 2.70. The number of ether oxygens (including phenoxy) is 1. The van der Waals surface area contributed by atoms with Crippen LogP contribution in [0.1, 0.15) is 0 Å². The lowest BCUT2D eigenvalue weighted by molar-refractivity contribution is -0.0494. The lowest BCUT2D eigenvalue weighted by atomic mass is 10.1. The molecule has 0 amide bonds. The fourth-order valence-electron chi connectivity index (χ4n) is 1.23. The quantitative estimate of drug-likeness (QED) is 0.782. The normalized spacial score (nSPS) is 10.6. The van der Waals surface area contributed by atoms with E-state index in [1.165, 1.54) is 12.3 Å². The minimum atomic E-state index is -2.85. The van der Waals surface area contributed by atoms with Crippen molar-refractivity contribution in [2.45, 2.75) is 6.61 Å². The van der Waals surface area contributed by atoms with Crippen LogP contribution in [0.5, 0.6) is 5.75 Å². The van der Waals surface area contributed by atoms with Crippen LogP contribution in [0, 0.1) is 0 Å². The largest absolute Gasteiger partial charge is 0.434 e. The molecule has 0 fully saturated rings. The molecule has 0 aliphatic heterocycles. The molecular weight excluding hydrogens is 204 g/mol. The second-order valence-electron chi connectivity index (χ2n) is 2.76. The van der Waals surface area contributed by atoms with E-state index in [1.54, 1.807) is 24.3 Å². The van der Waals surface area contributed by atoms with Gasteiger partial charge < -0.3 is 9.26 Å². The summed E-state index contributed by atoms with van der Waals surface area (Å²) in [5.41, 5.74) is 0.942. The van der Waals surface area contributed by atoms with E-state index in [4.69, 9.17) is 0 Å². The zero-order valence-electron chi connectivity index (χ0n) is 7.56. The van der Waals surface area contributed by atoms with Gasteiger partial charge in [-0.3, -0.25) is 0 Å². The van der Waals surface area contributed by atoms with E-state index in [9.17, 15) is 8.78 Å². The third kappa shape index (κ3) is 2.12. The number of alkyl halides is 2. The maximum atomic E-state index is 12.1. The fourth-order valence-corrected chi connectivity index (χ4v) is 1.23. The molecule has 2 rings (SSSR count). The number of para-hydroxylation sites is 1. The second-order valence-corrected chi connectivity index (χ2v) is 2.76. The van der Waals surface area contributed by atoms with Gasteiger partial charge in [-0.25, -0.2) is 0 Å². The van der Waals surface area contributed by atoms with E-state index in [1.807, 2.05) is 0 Å². The minimum absolute atomic E-state index is 0.0846. The van der Waals surface area contributed by atoms with Gasteiger partial charge in [0.05, 0.1) is 0 Å². The number of benzene rings is 1. The summed E-state index contributed by atoms with van der Waals surface area (Å²) in [6.45, 7) is -2.85. The van der Waals surface area contributed by atoms with Crippen molar-refractivity contribution in [2.24, 2.45) is 0 Å². The second kappa shape index (κ2) is 4.08.